The third-order valence-corrected chi connectivity index (χ3v) is 2.33. The smallest absolute Gasteiger partial charge is 0.317 e. The van der Waals surface area contributed by atoms with E-state index >= 15 is 0 Å². The van der Waals surface area contributed by atoms with Gasteiger partial charge < -0.3 is 10.2 Å². The minimum Gasteiger partial charge on any atom is -0.341 e. The van der Waals surface area contributed by atoms with Crippen LogP contribution < -0.4 is 5.32 Å². The molecule has 70 valence electrons. The molecule has 0 radical (unpaired) electrons. The number of carbonyl (C=O) groups excluding carboxylic acids is 1. The summed E-state index contributed by atoms with van der Waals surface area (Å²) in [7, 11) is 1.61. The van der Waals surface area contributed by atoms with E-state index in [9.17, 15) is 9.18 Å². The number of urea groups is 1. The van der Waals surface area contributed by atoms with Gasteiger partial charge in [0.2, 0.25) is 0 Å². The van der Waals surface area contributed by atoms with Crippen LogP contribution in [0.25, 0.3) is 0 Å². The third kappa shape index (κ3) is 2.09. The number of carbonyl (C=O) groups is 1. The van der Waals surface area contributed by atoms with Crippen LogP contribution in [0, 0.1) is 5.92 Å². The first-order valence-electron chi connectivity index (χ1n) is 4.30. The average molecular weight is 174 g/mol. The van der Waals surface area contributed by atoms with Crippen LogP contribution in [0.5, 0.6) is 0 Å². The van der Waals surface area contributed by atoms with E-state index in [1.165, 1.54) is 0 Å². The second-order valence-electron chi connectivity index (χ2n) is 3.14. The summed E-state index contributed by atoms with van der Waals surface area (Å²) in [4.78, 5) is 12.8. The molecular formula is C8H15FN2O. The van der Waals surface area contributed by atoms with Gasteiger partial charge in [0.25, 0.3) is 0 Å². The Morgan fingerprint density at radius 3 is 2.58 bits per heavy atom. The van der Waals surface area contributed by atoms with E-state index in [-0.39, 0.29) is 18.6 Å². The van der Waals surface area contributed by atoms with Crippen LogP contribution in [-0.4, -0.2) is 37.7 Å². The van der Waals surface area contributed by atoms with E-state index in [0.717, 1.165) is 12.8 Å². The molecule has 0 atom stereocenters. The molecule has 4 heteroatoms. The number of amides is 2. The van der Waals surface area contributed by atoms with Crippen molar-refractivity contribution in [1.29, 1.82) is 0 Å². The minimum atomic E-state index is -0.248. The lowest BCUT2D eigenvalue weighted by Crippen LogP contribution is -2.43. The van der Waals surface area contributed by atoms with Crippen molar-refractivity contribution >= 4 is 6.03 Å². The molecule has 3 nitrogen and oxygen atoms in total. The second-order valence-corrected chi connectivity index (χ2v) is 3.14. The van der Waals surface area contributed by atoms with E-state index in [4.69, 9.17) is 0 Å². The Bertz CT molecular complexity index is 155. The Hall–Kier alpha value is -0.800. The molecule has 1 heterocycles. The molecule has 1 saturated heterocycles. The summed E-state index contributed by atoms with van der Waals surface area (Å²) in [6, 6.07) is -0.0488. The minimum absolute atomic E-state index is 0.0488. The highest BCUT2D eigenvalue weighted by molar-refractivity contribution is 5.73. The fraction of sp³-hybridized carbons (Fsp3) is 0.875. The first-order valence-corrected chi connectivity index (χ1v) is 4.30. The Morgan fingerprint density at radius 1 is 1.58 bits per heavy atom. The molecule has 0 bridgehead atoms. The van der Waals surface area contributed by atoms with Gasteiger partial charge in [-0.2, -0.15) is 0 Å². The summed E-state index contributed by atoms with van der Waals surface area (Å²) in [5.74, 6) is 0.172. The monoisotopic (exact) mass is 174 g/mol. The number of nitrogens with zero attached hydrogens (tertiary/aromatic N) is 1. The topological polar surface area (TPSA) is 32.3 Å². The van der Waals surface area contributed by atoms with E-state index in [1.54, 1.807) is 11.9 Å². The fourth-order valence-corrected chi connectivity index (χ4v) is 1.45. The van der Waals surface area contributed by atoms with Gasteiger partial charge in [0.15, 0.2) is 0 Å². The van der Waals surface area contributed by atoms with Crippen LogP contribution in [0.1, 0.15) is 12.8 Å². The summed E-state index contributed by atoms with van der Waals surface area (Å²) in [6.45, 7) is 1.13. The van der Waals surface area contributed by atoms with Crippen molar-refractivity contribution in [2.45, 2.75) is 12.8 Å². The Balaban J connectivity index is 2.30. The van der Waals surface area contributed by atoms with E-state index < -0.39 is 0 Å². The van der Waals surface area contributed by atoms with Crippen molar-refractivity contribution in [3.63, 3.8) is 0 Å². The molecule has 0 aromatic heterocycles. The van der Waals surface area contributed by atoms with Gasteiger partial charge in [-0.15, -0.1) is 0 Å². The SMILES string of the molecule is CNC(=O)N1CCC(CF)CC1. The van der Waals surface area contributed by atoms with Gasteiger partial charge in [0.05, 0.1) is 6.67 Å². The van der Waals surface area contributed by atoms with Gasteiger partial charge >= 0.3 is 6.03 Å². The molecule has 1 aliphatic rings. The van der Waals surface area contributed by atoms with Crippen LogP contribution in [0.4, 0.5) is 9.18 Å². The van der Waals surface area contributed by atoms with Crippen LogP contribution in [-0.2, 0) is 0 Å². The van der Waals surface area contributed by atoms with Crippen molar-refractivity contribution in [2.75, 3.05) is 26.8 Å². The average Bonchev–Trinajstić information content (AvgIpc) is 2.17. The van der Waals surface area contributed by atoms with Crippen LogP contribution in [0.15, 0.2) is 0 Å². The normalized spacial score (nSPS) is 19.3. The van der Waals surface area contributed by atoms with Crippen molar-refractivity contribution in [3.05, 3.63) is 0 Å². The molecule has 0 aromatic rings. The molecule has 2 amide bonds. The van der Waals surface area contributed by atoms with Gasteiger partial charge in [-0.25, -0.2) is 4.79 Å². The lowest BCUT2D eigenvalue weighted by molar-refractivity contribution is 0.163. The maximum atomic E-state index is 12.2. The highest BCUT2D eigenvalue weighted by atomic mass is 19.1. The van der Waals surface area contributed by atoms with Crippen LogP contribution in [0.3, 0.4) is 0 Å². The second kappa shape index (κ2) is 4.28. The van der Waals surface area contributed by atoms with E-state index in [1.807, 2.05) is 0 Å². The molecular weight excluding hydrogens is 159 g/mol. The fourth-order valence-electron chi connectivity index (χ4n) is 1.45. The third-order valence-electron chi connectivity index (χ3n) is 2.33. The number of halogens is 1. The van der Waals surface area contributed by atoms with Gasteiger partial charge in [0.1, 0.15) is 0 Å². The number of hydrogen-bond acceptors (Lipinski definition) is 1. The zero-order valence-corrected chi connectivity index (χ0v) is 7.35. The highest BCUT2D eigenvalue weighted by Gasteiger charge is 2.21. The summed E-state index contributed by atoms with van der Waals surface area (Å²) in [6.07, 6.45) is 1.59. The van der Waals surface area contributed by atoms with Gasteiger partial charge in [-0.1, -0.05) is 0 Å². The first-order chi connectivity index (χ1) is 5.77. The predicted octanol–water partition coefficient (Wildman–Crippen LogP) is 1.01. The quantitative estimate of drug-likeness (QED) is 0.632. The number of likely N-dealkylation sites (tertiary alicyclic amines) is 1. The zero-order chi connectivity index (χ0) is 8.97. The highest BCUT2D eigenvalue weighted by Crippen LogP contribution is 2.16. The lowest BCUT2D eigenvalue weighted by Gasteiger charge is -2.30. The predicted molar refractivity (Wildman–Crippen MR) is 44.7 cm³/mol. The molecule has 0 aliphatic carbocycles. The maximum Gasteiger partial charge on any atom is 0.317 e. The molecule has 12 heavy (non-hydrogen) atoms. The molecule has 0 aromatic carbocycles. The summed E-state index contributed by atoms with van der Waals surface area (Å²) >= 11 is 0. The van der Waals surface area contributed by atoms with Gasteiger partial charge in [-0.3, -0.25) is 4.39 Å². The standard InChI is InChI=1S/C8H15FN2O/c1-10-8(12)11-4-2-7(6-9)3-5-11/h7H,2-6H2,1H3,(H,10,12). The molecule has 1 fully saturated rings. The molecule has 0 unspecified atom stereocenters. The molecule has 0 saturated carbocycles. The van der Waals surface area contributed by atoms with Gasteiger partial charge in [0, 0.05) is 20.1 Å². The Labute approximate surface area is 71.9 Å². The van der Waals surface area contributed by atoms with Gasteiger partial charge in [-0.05, 0) is 18.8 Å². The zero-order valence-electron chi connectivity index (χ0n) is 7.35. The number of nitrogens with one attached hydrogen (secondary N) is 1. The molecule has 1 aliphatic heterocycles. The number of alkyl halides is 1. The maximum absolute atomic E-state index is 12.2. The summed E-state index contributed by atoms with van der Waals surface area (Å²) in [5.41, 5.74) is 0. The number of rotatable bonds is 1. The van der Waals surface area contributed by atoms with Crippen molar-refractivity contribution in [3.8, 4) is 0 Å². The Kier molecular flexibility index (Phi) is 3.31. The lowest BCUT2D eigenvalue weighted by atomic mass is 9.99. The van der Waals surface area contributed by atoms with Crippen LogP contribution >= 0.6 is 0 Å². The summed E-state index contributed by atoms with van der Waals surface area (Å²) < 4.78 is 12.2. The van der Waals surface area contributed by atoms with Crippen molar-refractivity contribution in [2.24, 2.45) is 5.92 Å². The van der Waals surface area contributed by atoms with Crippen LogP contribution in [0.2, 0.25) is 0 Å². The molecule has 1 rings (SSSR count). The van der Waals surface area contributed by atoms with E-state index in [2.05, 4.69) is 5.32 Å². The molecule has 1 N–H and O–H groups in total. The Morgan fingerprint density at radius 2 is 2.17 bits per heavy atom. The van der Waals surface area contributed by atoms with Crippen molar-refractivity contribution < 1.29 is 9.18 Å². The number of piperidine rings is 1. The first kappa shape index (κ1) is 9.29. The summed E-state index contributed by atoms with van der Waals surface area (Å²) in [5, 5.41) is 2.56. The molecule has 0 spiro atoms. The van der Waals surface area contributed by atoms with E-state index in [0.29, 0.717) is 13.1 Å². The largest absolute Gasteiger partial charge is 0.341 e. The number of hydrogen-bond donors (Lipinski definition) is 1. The van der Waals surface area contributed by atoms with Crippen molar-refractivity contribution in [1.82, 2.24) is 10.2 Å².